The number of nitrogens with one attached hydrogen (secondary N) is 1. The topological polar surface area (TPSA) is 75.7 Å². The zero-order valence-electron chi connectivity index (χ0n) is 17.5. The van der Waals surface area contributed by atoms with Gasteiger partial charge in [-0.05, 0) is 94.7 Å². The molecule has 1 heterocycles. The second kappa shape index (κ2) is 9.88. The molecule has 1 aliphatic heterocycles. The number of hydrogen-bond acceptors (Lipinski definition) is 4. The number of benzene rings is 3. The van der Waals surface area contributed by atoms with Gasteiger partial charge in [0, 0.05) is 8.04 Å². The Labute approximate surface area is 212 Å². The first-order valence-corrected chi connectivity index (χ1v) is 11.8. The average Bonchev–Trinajstić information content (AvgIpc) is 2.79. The highest BCUT2D eigenvalue weighted by Crippen LogP contribution is 2.26. The second-order valence-corrected chi connectivity index (χ2v) is 9.48. The van der Waals surface area contributed by atoms with Crippen molar-refractivity contribution in [2.45, 2.75) is 13.5 Å². The smallest absolute Gasteiger partial charge is 0.335 e. The number of amides is 4. The number of carbonyl (C=O) groups is 3. The van der Waals surface area contributed by atoms with Crippen LogP contribution >= 0.6 is 38.5 Å². The summed E-state index contributed by atoms with van der Waals surface area (Å²) in [7, 11) is 0. The number of nitrogens with zero attached hydrogens (tertiary/aromatic N) is 1. The number of ether oxygens (including phenoxy) is 1. The van der Waals surface area contributed by atoms with E-state index >= 15 is 0 Å². The quantitative estimate of drug-likeness (QED) is 0.230. The monoisotopic (exact) mass is 616 g/mol. The summed E-state index contributed by atoms with van der Waals surface area (Å²) < 4.78 is 7.81. The molecule has 1 aliphatic rings. The molecule has 1 saturated heterocycles. The van der Waals surface area contributed by atoms with E-state index in [4.69, 9.17) is 4.74 Å². The molecule has 4 amide bonds. The van der Waals surface area contributed by atoms with E-state index in [1.807, 2.05) is 31.2 Å². The lowest BCUT2D eigenvalue weighted by atomic mass is 10.1. The molecule has 4 rings (SSSR count). The first kappa shape index (κ1) is 23.2. The van der Waals surface area contributed by atoms with Gasteiger partial charge in [0.2, 0.25) is 0 Å². The minimum absolute atomic E-state index is 0.122. The molecule has 33 heavy (non-hydrogen) atoms. The van der Waals surface area contributed by atoms with E-state index in [1.165, 1.54) is 6.08 Å². The van der Waals surface area contributed by atoms with E-state index in [9.17, 15) is 14.4 Å². The summed E-state index contributed by atoms with van der Waals surface area (Å²) >= 11 is 5.65. The summed E-state index contributed by atoms with van der Waals surface area (Å²) in [6.45, 7) is 2.28. The number of hydrogen-bond donors (Lipinski definition) is 1. The number of rotatable bonds is 5. The molecule has 6 nitrogen and oxygen atoms in total. The highest BCUT2D eigenvalue weighted by Gasteiger charge is 2.36. The van der Waals surface area contributed by atoms with Gasteiger partial charge in [0.15, 0.2) is 0 Å². The molecule has 0 atom stereocenters. The standard InChI is InChI=1S/C25H18BrIN2O4/c1-15-12-19(8-11-22(15)26)29-24(31)21(23(30)28-25(29)32)13-16-4-9-20(10-5-16)33-14-17-2-6-18(27)7-3-17/h2-13H,14H2,1H3,(H,28,30,32)/b21-13+. The normalized spacial score (nSPS) is 15.1. The van der Waals surface area contributed by atoms with E-state index < -0.39 is 17.8 Å². The molecule has 3 aromatic rings. The van der Waals surface area contributed by atoms with E-state index in [2.05, 4.69) is 43.8 Å². The number of barbiturate groups is 1. The van der Waals surface area contributed by atoms with Crippen molar-refractivity contribution in [2.75, 3.05) is 4.90 Å². The third-order valence-electron chi connectivity index (χ3n) is 5.01. The maximum Gasteiger partial charge on any atom is 0.335 e. The minimum Gasteiger partial charge on any atom is -0.489 e. The van der Waals surface area contributed by atoms with Gasteiger partial charge in [-0.25, -0.2) is 9.69 Å². The molecule has 166 valence electrons. The minimum atomic E-state index is -0.775. The lowest BCUT2D eigenvalue weighted by Crippen LogP contribution is -2.54. The zero-order chi connectivity index (χ0) is 23.5. The fourth-order valence-corrected chi connectivity index (χ4v) is 3.84. The van der Waals surface area contributed by atoms with E-state index in [-0.39, 0.29) is 5.57 Å². The predicted molar refractivity (Wildman–Crippen MR) is 138 cm³/mol. The first-order chi connectivity index (χ1) is 15.8. The van der Waals surface area contributed by atoms with Crippen LogP contribution in [0.1, 0.15) is 16.7 Å². The fraction of sp³-hybridized carbons (Fsp3) is 0.0800. The Kier molecular flexibility index (Phi) is 6.94. The lowest BCUT2D eigenvalue weighted by molar-refractivity contribution is -0.122. The first-order valence-electron chi connectivity index (χ1n) is 9.97. The van der Waals surface area contributed by atoms with Gasteiger partial charge in [-0.2, -0.15) is 0 Å². The summed E-state index contributed by atoms with van der Waals surface area (Å²) in [6, 6.07) is 19.4. The van der Waals surface area contributed by atoms with Gasteiger partial charge in [0.25, 0.3) is 11.8 Å². The Morgan fingerprint density at radius 3 is 2.36 bits per heavy atom. The van der Waals surface area contributed by atoms with Crippen molar-refractivity contribution < 1.29 is 19.1 Å². The maximum absolute atomic E-state index is 13.0. The summed E-state index contributed by atoms with van der Waals surface area (Å²) in [6.07, 6.45) is 1.46. The third-order valence-corrected chi connectivity index (χ3v) is 6.62. The maximum atomic E-state index is 13.0. The van der Waals surface area contributed by atoms with Crippen LogP contribution in [0.25, 0.3) is 6.08 Å². The molecular weight excluding hydrogens is 599 g/mol. The highest BCUT2D eigenvalue weighted by molar-refractivity contribution is 14.1. The SMILES string of the molecule is Cc1cc(N2C(=O)NC(=O)/C(=C\c3ccc(OCc4ccc(I)cc4)cc3)C2=O)ccc1Br. The molecule has 0 aliphatic carbocycles. The molecule has 1 N–H and O–H groups in total. The second-order valence-electron chi connectivity index (χ2n) is 7.38. The molecule has 1 fully saturated rings. The van der Waals surface area contributed by atoms with Crippen molar-refractivity contribution in [2.24, 2.45) is 0 Å². The van der Waals surface area contributed by atoms with Gasteiger partial charge in [0.05, 0.1) is 5.69 Å². The van der Waals surface area contributed by atoms with Gasteiger partial charge in [-0.15, -0.1) is 0 Å². The van der Waals surface area contributed by atoms with Crippen molar-refractivity contribution in [3.63, 3.8) is 0 Å². The largest absolute Gasteiger partial charge is 0.489 e. The molecular formula is C25H18BrIN2O4. The number of carbonyl (C=O) groups excluding carboxylic acids is 3. The Balaban J connectivity index is 1.52. The van der Waals surface area contributed by atoms with Crippen molar-refractivity contribution in [1.82, 2.24) is 5.32 Å². The van der Waals surface area contributed by atoms with Crippen LogP contribution in [0.15, 0.2) is 76.8 Å². The molecule has 0 bridgehead atoms. The highest BCUT2D eigenvalue weighted by atomic mass is 127. The Morgan fingerprint density at radius 1 is 1.00 bits per heavy atom. The molecule has 3 aromatic carbocycles. The summed E-state index contributed by atoms with van der Waals surface area (Å²) in [5.41, 5.74) is 2.81. The van der Waals surface area contributed by atoms with Gasteiger partial charge >= 0.3 is 6.03 Å². The van der Waals surface area contributed by atoms with E-state index in [0.717, 1.165) is 24.1 Å². The number of imide groups is 2. The third kappa shape index (κ3) is 5.33. The Hall–Kier alpha value is -2.98. The van der Waals surface area contributed by atoms with Crippen LogP contribution in [0.4, 0.5) is 10.5 Å². The average molecular weight is 617 g/mol. The van der Waals surface area contributed by atoms with Crippen molar-refractivity contribution >= 4 is 68.1 Å². The van der Waals surface area contributed by atoms with Crippen LogP contribution in [-0.2, 0) is 16.2 Å². The van der Waals surface area contributed by atoms with Crippen LogP contribution in [-0.4, -0.2) is 17.8 Å². The van der Waals surface area contributed by atoms with Crippen LogP contribution in [0, 0.1) is 10.5 Å². The number of anilines is 1. The fourth-order valence-electron chi connectivity index (χ4n) is 3.23. The van der Waals surface area contributed by atoms with Gasteiger partial charge in [0.1, 0.15) is 17.9 Å². The van der Waals surface area contributed by atoms with Gasteiger partial charge in [-0.3, -0.25) is 14.9 Å². The van der Waals surface area contributed by atoms with E-state index in [1.54, 1.807) is 42.5 Å². The van der Waals surface area contributed by atoms with Crippen molar-refractivity contribution in [3.05, 3.63) is 97.0 Å². The van der Waals surface area contributed by atoms with Crippen LogP contribution in [0.3, 0.4) is 0 Å². The van der Waals surface area contributed by atoms with Crippen LogP contribution in [0.2, 0.25) is 0 Å². The van der Waals surface area contributed by atoms with Gasteiger partial charge in [-0.1, -0.05) is 40.2 Å². The zero-order valence-corrected chi connectivity index (χ0v) is 21.2. The Morgan fingerprint density at radius 2 is 1.70 bits per heavy atom. The number of urea groups is 1. The van der Waals surface area contributed by atoms with E-state index in [0.29, 0.717) is 23.6 Å². The Bertz CT molecular complexity index is 1270. The van der Waals surface area contributed by atoms with Crippen LogP contribution < -0.4 is 15.0 Å². The molecule has 8 heteroatoms. The molecule has 0 saturated carbocycles. The lowest BCUT2D eigenvalue weighted by Gasteiger charge is -2.26. The van der Waals surface area contributed by atoms with Crippen molar-refractivity contribution in [3.8, 4) is 5.75 Å². The molecule has 0 radical (unpaired) electrons. The summed E-state index contributed by atoms with van der Waals surface area (Å²) in [5, 5.41) is 2.24. The summed E-state index contributed by atoms with van der Waals surface area (Å²) in [5.74, 6) is -0.740. The molecule has 0 unspecified atom stereocenters. The van der Waals surface area contributed by atoms with Crippen molar-refractivity contribution in [1.29, 1.82) is 0 Å². The summed E-state index contributed by atoms with van der Waals surface area (Å²) in [4.78, 5) is 38.8. The van der Waals surface area contributed by atoms with Gasteiger partial charge < -0.3 is 4.74 Å². The van der Waals surface area contributed by atoms with Crippen LogP contribution in [0.5, 0.6) is 5.75 Å². The molecule has 0 aromatic heterocycles. The predicted octanol–water partition coefficient (Wildman–Crippen LogP) is 5.61. The number of halogens is 2. The number of aryl methyl sites for hydroxylation is 1. The molecule has 0 spiro atoms.